The van der Waals surface area contributed by atoms with Crippen molar-refractivity contribution in [1.82, 2.24) is 4.90 Å². The smallest absolute Gasteiger partial charge is 0.0629 e. The molecule has 0 aliphatic carbocycles. The Hall–Kier alpha value is -1.64. The summed E-state index contributed by atoms with van der Waals surface area (Å²) < 4.78 is 6.00. The Morgan fingerprint density at radius 1 is 1.04 bits per heavy atom. The fraction of sp³-hybridized carbons (Fsp3) is 0.520. The van der Waals surface area contributed by atoms with E-state index in [0.29, 0.717) is 11.8 Å². The number of hydrogen-bond donors (Lipinski definition) is 0. The van der Waals surface area contributed by atoms with Crippen molar-refractivity contribution in [2.45, 2.75) is 58.1 Å². The van der Waals surface area contributed by atoms with Gasteiger partial charge in [-0.3, -0.25) is 4.90 Å². The number of hydrogen-bond acceptors (Lipinski definition) is 2. The maximum absolute atomic E-state index is 6.00. The summed E-state index contributed by atoms with van der Waals surface area (Å²) >= 11 is 0. The molecule has 2 nitrogen and oxygen atoms in total. The standard InChI is InChI=1S/C25H35NO/c1-4-26(20-21-11-7-5-8-12-21)17-15-24(22-13-9-6-10-14-22)23-16-18-27-25(2,3)19-23/h5-14,23-24H,4,15-20H2,1-3H3/t23-,24-/m0/s1. The van der Waals surface area contributed by atoms with Crippen LogP contribution < -0.4 is 0 Å². The van der Waals surface area contributed by atoms with Gasteiger partial charge in [-0.2, -0.15) is 0 Å². The van der Waals surface area contributed by atoms with Crippen LogP contribution >= 0.6 is 0 Å². The normalized spacial score (nSPS) is 20.5. The molecule has 0 saturated carbocycles. The third-order valence-corrected chi connectivity index (χ3v) is 5.98. The van der Waals surface area contributed by atoms with Crippen molar-refractivity contribution in [1.29, 1.82) is 0 Å². The fourth-order valence-electron chi connectivity index (χ4n) is 4.51. The Balaban J connectivity index is 1.69. The minimum absolute atomic E-state index is 0.00439. The molecule has 1 fully saturated rings. The molecule has 3 rings (SSSR count). The maximum atomic E-state index is 6.00. The van der Waals surface area contributed by atoms with Gasteiger partial charge in [0.2, 0.25) is 0 Å². The third-order valence-electron chi connectivity index (χ3n) is 5.98. The number of rotatable bonds is 8. The molecule has 146 valence electrons. The van der Waals surface area contributed by atoms with Crippen molar-refractivity contribution >= 4 is 0 Å². The molecule has 0 N–H and O–H groups in total. The molecule has 0 unspecified atom stereocenters. The van der Waals surface area contributed by atoms with Gasteiger partial charge in [0.25, 0.3) is 0 Å². The number of nitrogens with zero attached hydrogens (tertiary/aromatic N) is 1. The Bertz CT molecular complexity index is 667. The monoisotopic (exact) mass is 365 g/mol. The van der Waals surface area contributed by atoms with Crippen molar-refractivity contribution in [2.75, 3.05) is 19.7 Å². The molecular formula is C25H35NO. The number of benzene rings is 2. The van der Waals surface area contributed by atoms with Gasteiger partial charge in [-0.15, -0.1) is 0 Å². The van der Waals surface area contributed by atoms with E-state index in [1.165, 1.54) is 24.0 Å². The lowest BCUT2D eigenvalue weighted by Crippen LogP contribution is -2.37. The van der Waals surface area contributed by atoms with Crippen LogP contribution in [-0.2, 0) is 11.3 Å². The first-order valence-corrected chi connectivity index (χ1v) is 10.5. The first kappa shape index (κ1) is 20.1. The lowest BCUT2D eigenvalue weighted by Gasteiger charge is -2.40. The Kier molecular flexibility index (Phi) is 7.09. The van der Waals surface area contributed by atoms with Crippen LogP contribution in [0.3, 0.4) is 0 Å². The zero-order valence-electron chi connectivity index (χ0n) is 17.2. The molecule has 27 heavy (non-hydrogen) atoms. The van der Waals surface area contributed by atoms with Gasteiger partial charge in [0, 0.05) is 13.2 Å². The van der Waals surface area contributed by atoms with Crippen LogP contribution in [0.25, 0.3) is 0 Å². The zero-order valence-corrected chi connectivity index (χ0v) is 17.2. The molecule has 0 spiro atoms. The zero-order chi connectivity index (χ0) is 19.1. The highest BCUT2D eigenvalue weighted by atomic mass is 16.5. The van der Waals surface area contributed by atoms with E-state index in [1.54, 1.807) is 0 Å². The Labute approximate surface area is 165 Å². The summed E-state index contributed by atoms with van der Waals surface area (Å²) in [7, 11) is 0. The second kappa shape index (κ2) is 9.52. The second-order valence-electron chi connectivity index (χ2n) is 8.52. The molecule has 0 bridgehead atoms. The van der Waals surface area contributed by atoms with Crippen LogP contribution in [0.5, 0.6) is 0 Å². The average Bonchev–Trinajstić information content (AvgIpc) is 2.68. The number of ether oxygens (including phenoxy) is 1. The van der Waals surface area contributed by atoms with Gasteiger partial charge >= 0.3 is 0 Å². The predicted molar refractivity (Wildman–Crippen MR) is 114 cm³/mol. The van der Waals surface area contributed by atoms with Crippen LogP contribution in [0.1, 0.15) is 57.1 Å². The largest absolute Gasteiger partial charge is 0.376 e. The van der Waals surface area contributed by atoms with E-state index in [0.717, 1.165) is 32.7 Å². The van der Waals surface area contributed by atoms with E-state index in [4.69, 9.17) is 4.74 Å². The quantitative estimate of drug-likeness (QED) is 0.578. The highest BCUT2D eigenvalue weighted by molar-refractivity contribution is 5.21. The summed E-state index contributed by atoms with van der Waals surface area (Å²) in [6.07, 6.45) is 3.54. The molecule has 1 saturated heterocycles. The van der Waals surface area contributed by atoms with Crippen LogP contribution in [-0.4, -0.2) is 30.2 Å². The first-order chi connectivity index (χ1) is 13.1. The maximum Gasteiger partial charge on any atom is 0.0629 e. The predicted octanol–water partition coefficient (Wildman–Crippen LogP) is 5.89. The van der Waals surface area contributed by atoms with E-state index in [9.17, 15) is 0 Å². The van der Waals surface area contributed by atoms with E-state index >= 15 is 0 Å². The highest BCUT2D eigenvalue weighted by Crippen LogP contribution is 2.40. The minimum atomic E-state index is 0.00439. The summed E-state index contributed by atoms with van der Waals surface area (Å²) in [5.41, 5.74) is 2.91. The molecule has 1 heterocycles. The van der Waals surface area contributed by atoms with Gasteiger partial charge in [0.05, 0.1) is 5.60 Å². The van der Waals surface area contributed by atoms with E-state index in [1.807, 2.05) is 0 Å². The Morgan fingerprint density at radius 2 is 1.70 bits per heavy atom. The summed E-state index contributed by atoms with van der Waals surface area (Å²) in [5, 5.41) is 0. The molecule has 0 radical (unpaired) electrons. The van der Waals surface area contributed by atoms with E-state index in [-0.39, 0.29) is 5.60 Å². The van der Waals surface area contributed by atoms with Gasteiger partial charge in [-0.1, -0.05) is 67.6 Å². The molecule has 1 aliphatic heterocycles. The van der Waals surface area contributed by atoms with Crippen molar-refractivity contribution in [3.8, 4) is 0 Å². The first-order valence-electron chi connectivity index (χ1n) is 10.5. The average molecular weight is 366 g/mol. The SMILES string of the molecule is CCN(CC[C@@H](c1ccccc1)[C@H]1CCOC(C)(C)C1)Cc1ccccc1. The van der Waals surface area contributed by atoms with Crippen LogP contribution in [0.4, 0.5) is 0 Å². The molecule has 2 aromatic carbocycles. The highest BCUT2D eigenvalue weighted by Gasteiger charge is 2.34. The van der Waals surface area contributed by atoms with Crippen molar-refractivity contribution < 1.29 is 4.74 Å². The van der Waals surface area contributed by atoms with Crippen molar-refractivity contribution in [3.63, 3.8) is 0 Å². The lowest BCUT2D eigenvalue weighted by atomic mass is 9.75. The summed E-state index contributed by atoms with van der Waals surface area (Å²) in [4.78, 5) is 2.58. The van der Waals surface area contributed by atoms with Crippen LogP contribution in [0, 0.1) is 5.92 Å². The summed E-state index contributed by atoms with van der Waals surface area (Å²) in [6.45, 7) is 10.9. The summed E-state index contributed by atoms with van der Waals surface area (Å²) in [6, 6.07) is 22.0. The fourth-order valence-corrected chi connectivity index (χ4v) is 4.51. The molecule has 0 aromatic heterocycles. The van der Waals surface area contributed by atoms with E-state index < -0.39 is 0 Å². The molecule has 2 aromatic rings. The van der Waals surface area contributed by atoms with Crippen molar-refractivity contribution in [2.24, 2.45) is 5.92 Å². The second-order valence-corrected chi connectivity index (χ2v) is 8.52. The molecule has 1 aliphatic rings. The molecular weight excluding hydrogens is 330 g/mol. The van der Waals surface area contributed by atoms with Crippen LogP contribution in [0.15, 0.2) is 60.7 Å². The molecule has 2 atom stereocenters. The van der Waals surface area contributed by atoms with Gasteiger partial charge in [0.1, 0.15) is 0 Å². The third kappa shape index (κ3) is 5.92. The molecule has 2 heteroatoms. The topological polar surface area (TPSA) is 12.5 Å². The van der Waals surface area contributed by atoms with Crippen molar-refractivity contribution in [3.05, 3.63) is 71.8 Å². The minimum Gasteiger partial charge on any atom is -0.376 e. The summed E-state index contributed by atoms with van der Waals surface area (Å²) in [5.74, 6) is 1.31. The van der Waals surface area contributed by atoms with E-state index in [2.05, 4.69) is 86.3 Å². The van der Waals surface area contributed by atoms with Crippen LogP contribution in [0.2, 0.25) is 0 Å². The van der Waals surface area contributed by atoms with Gasteiger partial charge in [0.15, 0.2) is 0 Å². The molecule has 0 amide bonds. The van der Waals surface area contributed by atoms with Gasteiger partial charge in [-0.05, 0) is 69.2 Å². The lowest BCUT2D eigenvalue weighted by molar-refractivity contribution is -0.0775. The van der Waals surface area contributed by atoms with Gasteiger partial charge < -0.3 is 4.74 Å². The Morgan fingerprint density at radius 3 is 2.33 bits per heavy atom. The van der Waals surface area contributed by atoms with Gasteiger partial charge in [-0.25, -0.2) is 0 Å².